The van der Waals surface area contributed by atoms with Gasteiger partial charge >= 0.3 is 6.18 Å². The molecule has 0 saturated carbocycles. The molecule has 3 N–H and O–H groups in total. The number of hydrogen-bond acceptors (Lipinski definition) is 6. The molecule has 3 aliphatic rings. The molecule has 1 aromatic heterocycles. The summed E-state index contributed by atoms with van der Waals surface area (Å²) in [5, 5.41) is 6.68. The Morgan fingerprint density at radius 1 is 1.19 bits per heavy atom. The molecule has 3 unspecified atom stereocenters. The highest BCUT2D eigenvalue weighted by Crippen LogP contribution is 2.42. The number of oxazole rings is 1. The Labute approximate surface area is 180 Å². The van der Waals surface area contributed by atoms with Gasteiger partial charge in [-0.25, -0.2) is 15.4 Å². The van der Waals surface area contributed by atoms with Crippen LogP contribution >= 0.6 is 0 Å². The van der Waals surface area contributed by atoms with Crippen molar-refractivity contribution in [3.8, 4) is 0 Å². The molecule has 3 atom stereocenters. The van der Waals surface area contributed by atoms with E-state index in [1.807, 2.05) is 0 Å². The first kappa shape index (κ1) is 20.6. The summed E-state index contributed by atoms with van der Waals surface area (Å²) in [5.41, 5.74) is 3.21. The predicted octanol–water partition coefficient (Wildman–Crippen LogP) is 2.07. The molecule has 0 aliphatic carbocycles. The molecule has 1 saturated heterocycles. The molecule has 0 bridgehead atoms. The molecule has 5 rings (SSSR count). The van der Waals surface area contributed by atoms with E-state index >= 15 is 0 Å². The SMILES string of the molecule is CC1=C(c2nc3c(o2)CCCNC3=O)C(=O)N2NC(C(F)(F)F)C(c3ccccc3)C2N1. The van der Waals surface area contributed by atoms with Gasteiger partial charge in [-0.3, -0.25) is 9.59 Å². The Morgan fingerprint density at radius 3 is 2.66 bits per heavy atom. The van der Waals surface area contributed by atoms with Crippen LogP contribution in [0.2, 0.25) is 0 Å². The average Bonchev–Trinajstić information content (AvgIpc) is 3.29. The molecule has 0 radical (unpaired) electrons. The lowest BCUT2D eigenvalue weighted by Crippen LogP contribution is -2.54. The van der Waals surface area contributed by atoms with Crippen LogP contribution in [0.1, 0.15) is 47.0 Å². The van der Waals surface area contributed by atoms with Crippen LogP contribution in [0, 0.1) is 0 Å². The second kappa shape index (κ2) is 7.37. The molecule has 32 heavy (non-hydrogen) atoms. The quantitative estimate of drug-likeness (QED) is 0.652. The summed E-state index contributed by atoms with van der Waals surface area (Å²) in [6.45, 7) is 2.07. The molecule has 1 aromatic carbocycles. The number of aromatic nitrogens is 1. The van der Waals surface area contributed by atoms with E-state index < -0.39 is 36.1 Å². The van der Waals surface area contributed by atoms with Crippen molar-refractivity contribution in [3.63, 3.8) is 0 Å². The van der Waals surface area contributed by atoms with E-state index in [9.17, 15) is 22.8 Å². The van der Waals surface area contributed by atoms with Gasteiger partial charge in [-0.1, -0.05) is 30.3 Å². The molecule has 2 aromatic rings. The number of carbonyl (C=O) groups is 2. The number of hydrazine groups is 1. The van der Waals surface area contributed by atoms with Crippen molar-refractivity contribution in [2.75, 3.05) is 6.54 Å². The van der Waals surface area contributed by atoms with Gasteiger partial charge in [0.15, 0.2) is 5.69 Å². The van der Waals surface area contributed by atoms with Gasteiger partial charge in [0.05, 0.1) is 5.92 Å². The number of nitrogens with one attached hydrogen (secondary N) is 3. The van der Waals surface area contributed by atoms with Gasteiger partial charge in [-0.15, -0.1) is 0 Å². The van der Waals surface area contributed by atoms with E-state index in [0.717, 1.165) is 5.01 Å². The third kappa shape index (κ3) is 3.24. The van der Waals surface area contributed by atoms with Gasteiger partial charge in [-0.2, -0.15) is 13.2 Å². The van der Waals surface area contributed by atoms with E-state index in [-0.39, 0.29) is 17.2 Å². The summed E-state index contributed by atoms with van der Waals surface area (Å²) in [6, 6.07) is 6.30. The summed E-state index contributed by atoms with van der Waals surface area (Å²) < 4.78 is 47.4. The maximum atomic E-state index is 13.9. The number of nitrogens with zero attached hydrogens (tertiary/aromatic N) is 2. The van der Waals surface area contributed by atoms with E-state index in [1.165, 1.54) is 0 Å². The maximum absolute atomic E-state index is 13.9. The number of halogens is 3. The van der Waals surface area contributed by atoms with Gasteiger partial charge in [0.2, 0.25) is 5.89 Å². The lowest BCUT2D eigenvalue weighted by molar-refractivity contribution is -0.161. The molecule has 0 spiro atoms. The van der Waals surface area contributed by atoms with Crippen LogP contribution in [-0.2, 0) is 11.2 Å². The molecule has 3 aliphatic heterocycles. The number of alkyl halides is 3. The first-order valence-corrected chi connectivity index (χ1v) is 10.2. The average molecular weight is 447 g/mol. The van der Waals surface area contributed by atoms with Crippen molar-refractivity contribution in [1.82, 2.24) is 26.1 Å². The number of amides is 2. The fourth-order valence-electron chi connectivity index (χ4n) is 4.49. The summed E-state index contributed by atoms with van der Waals surface area (Å²) in [4.78, 5) is 29.7. The zero-order valence-corrected chi connectivity index (χ0v) is 17.0. The van der Waals surface area contributed by atoms with E-state index in [4.69, 9.17) is 4.42 Å². The van der Waals surface area contributed by atoms with Crippen molar-refractivity contribution in [2.45, 2.75) is 44.1 Å². The van der Waals surface area contributed by atoms with Crippen LogP contribution in [-0.4, -0.2) is 46.7 Å². The fraction of sp³-hybridized carbons (Fsp3) is 0.381. The van der Waals surface area contributed by atoms with Crippen LogP contribution < -0.4 is 16.1 Å². The van der Waals surface area contributed by atoms with Crippen LogP contribution in [0.5, 0.6) is 0 Å². The highest BCUT2D eigenvalue weighted by molar-refractivity contribution is 6.19. The summed E-state index contributed by atoms with van der Waals surface area (Å²) in [6.07, 6.45) is -4.44. The minimum Gasteiger partial charge on any atom is -0.440 e. The third-order valence-corrected chi connectivity index (χ3v) is 5.96. The molecule has 8 nitrogen and oxygen atoms in total. The van der Waals surface area contributed by atoms with E-state index in [2.05, 4.69) is 21.0 Å². The number of hydrogen-bond donors (Lipinski definition) is 3. The highest BCUT2D eigenvalue weighted by atomic mass is 19.4. The van der Waals surface area contributed by atoms with Crippen LogP contribution in [0.25, 0.3) is 5.57 Å². The second-order valence-electron chi connectivity index (χ2n) is 8.00. The Hall–Kier alpha value is -3.34. The van der Waals surface area contributed by atoms with Crippen molar-refractivity contribution in [2.24, 2.45) is 0 Å². The summed E-state index contributed by atoms with van der Waals surface area (Å²) in [7, 11) is 0. The lowest BCUT2D eigenvalue weighted by atomic mass is 9.89. The second-order valence-corrected chi connectivity index (χ2v) is 8.00. The predicted molar refractivity (Wildman–Crippen MR) is 106 cm³/mol. The molecule has 4 heterocycles. The number of aryl methyl sites for hydroxylation is 1. The zero-order valence-electron chi connectivity index (χ0n) is 17.0. The lowest BCUT2D eigenvalue weighted by Gasteiger charge is -2.34. The monoisotopic (exact) mass is 447 g/mol. The zero-order chi connectivity index (χ0) is 22.6. The molecular formula is C21H20F3N5O3. The van der Waals surface area contributed by atoms with Gasteiger partial charge in [0, 0.05) is 18.7 Å². The third-order valence-electron chi connectivity index (χ3n) is 5.96. The normalized spacial score (nSPS) is 25.8. The number of carbonyl (C=O) groups excluding carboxylic acids is 2. The number of rotatable bonds is 2. The van der Waals surface area contributed by atoms with Crippen LogP contribution in [0.15, 0.2) is 40.4 Å². The van der Waals surface area contributed by atoms with Crippen molar-refractivity contribution in [1.29, 1.82) is 0 Å². The first-order chi connectivity index (χ1) is 15.3. The smallest absolute Gasteiger partial charge is 0.406 e. The van der Waals surface area contributed by atoms with Gasteiger partial charge in [0.1, 0.15) is 23.5 Å². The Morgan fingerprint density at radius 2 is 1.94 bits per heavy atom. The summed E-state index contributed by atoms with van der Waals surface area (Å²) >= 11 is 0. The molecule has 1 fully saturated rings. The number of fused-ring (bicyclic) bond motifs is 2. The number of benzene rings is 1. The molecule has 168 valence electrons. The first-order valence-electron chi connectivity index (χ1n) is 10.2. The molecule has 2 amide bonds. The maximum Gasteiger partial charge on any atom is 0.406 e. The van der Waals surface area contributed by atoms with Crippen molar-refractivity contribution in [3.05, 3.63) is 58.9 Å². The van der Waals surface area contributed by atoms with Crippen molar-refractivity contribution >= 4 is 17.4 Å². The Balaban J connectivity index is 1.54. The Bertz CT molecular complexity index is 1110. The standard InChI is InChI=1S/C21H20F3N5O3/c1-10-13(19-27-15-12(32-19)8-5-9-25-18(15)30)20(31)29-17(26-10)14(11-6-3-2-4-7-11)16(28-29)21(22,23)24/h2-4,6-7,14,16-17,26,28H,5,8-9H2,1H3,(H,25,30). The minimum absolute atomic E-state index is 0.00994. The van der Waals surface area contributed by atoms with Gasteiger partial charge < -0.3 is 15.1 Å². The van der Waals surface area contributed by atoms with Gasteiger partial charge in [0.25, 0.3) is 11.8 Å². The van der Waals surface area contributed by atoms with Gasteiger partial charge in [-0.05, 0) is 18.9 Å². The number of allylic oxidation sites excluding steroid dienone is 1. The fourth-order valence-corrected chi connectivity index (χ4v) is 4.49. The van der Waals surface area contributed by atoms with Crippen LogP contribution in [0.3, 0.4) is 0 Å². The minimum atomic E-state index is -4.59. The van der Waals surface area contributed by atoms with Crippen molar-refractivity contribution < 1.29 is 27.2 Å². The van der Waals surface area contributed by atoms with E-state index in [1.54, 1.807) is 37.3 Å². The molecule has 11 heteroatoms. The summed E-state index contributed by atoms with van der Waals surface area (Å²) in [5.74, 6) is -1.90. The highest BCUT2D eigenvalue weighted by Gasteiger charge is 2.58. The molecular weight excluding hydrogens is 427 g/mol. The van der Waals surface area contributed by atoms with E-state index in [0.29, 0.717) is 36.4 Å². The topological polar surface area (TPSA) is 99.5 Å². The largest absolute Gasteiger partial charge is 0.440 e. The van der Waals surface area contributed by atoms with Crippen LogP contribution in [0.4, 0.5) is 13.2 Å². The Kier molecular flexibility index (Phi) is 4.73.